The number of hydrogen-bond acceptors (Lipinski definition) is 4. The van der Waals surface area contributed by atoms with Crippen molar-refractivity contribution in [3.05, 3.63) is 77.6 Å². The van der Waals surface area contributed by atoms with Crippen LogP contribution in [-0.2, 0) is 0 Å². The molecule has 0 aliphatic heterocycles. The maximum Gasteiger partial charge on any atom is 0.284 e. The fourth-order valence-corrected chi connectivity index (χ4v) is 2.28. The van der Waals surface area contributed by atoms with Gasteiger partial charge in [-0.2, -0.15) is 5.26 Å². The van der Waals surface area contributed by atoms with Crippen LogP contribution in [0.1, 0.15) is 26.5 Å². The van der Waals surface area contributed by atoms with Crippen molar-refractivity contribution < 1.29 is 14.0 Å². The Morgan fingerprint density at radius 3 is 2.44 bits per heavy atom. The topological polar surface area (TPSA) is 109 Å². The molecule has 25 heavy (non-hydrogen) atoms. The summed E-state index contributed by atoms with van der Waals surface area (Å²) < 4.78 is 5.35. The molecule has 3 N–H and O–H groups in total. The summed E-state index contributed by atoms with van der Waals surface area (Å²) in [5, 5.41) is 11.6. The van der Waals surface area contributed by atoms with Crippen molar-refractivity contribution in [2.75, 3.05) is 5.32 Å². The van der Waals surface area contributed by atoms with Gasteiger partial charge in [-0.25, -0.2) is 0 Å². The first-order valence-corrected chi connectivity index (χ1v) is 7.38. The minimum Gasteiger partial charge on any atom is -0.451 e. The Morgan fingerprint density at radius 2 is 1.80 bits per heavy atom. The summed E-state index contributed by atoms with van der Waals surface area (Å²) >= 11 is 0. The standard InChI is InChI=1S/C19H13N3O3/c20-11-12-2-1-3-14(10-12)19(24)22-15-6-4-13(5-7-15)16-8-9-17(25-16)18(21)23/h1-10H,(H2,21,23)(H,22,24). The van der Waals surface area contributed by atoms with Crippen LogP contribution in [0, 0.1) is 11.3 Å². The van der Waals surface area contributed by atoms with E-state index in [1.165, 1.54) is 12.1 Å². The predicted molar refractivity (Wildman–Crippen MR) is 91.8 cm³/mol. The lowest BCUT2D eigenvalue weighted by Crippen LogP contribution is -2.11. The third kappa shape index (κ3) is 3.57. The fraction of sp³-hybridized carbons (Fsp3) is 0. The van der Waals surface area contributed by atoms with Crippen LogP contribution in [0.4, 0.5) is 5.69 Å². The van der Waals surface area contributed by atoms with Crippen molar-refractivity contribution in [2.45, 2.75) is 0 Å². The third-order valence-electron chi connectivity index (χ3n) is 3.53. The van der Waals surface area contributed by atoms with E-state index in [-0.39, 0.29) is 11.7 Å². The molecule has 0 unspecified atom stereocenters. The van der Waals surface area contributed by atoms with Crippen molar-refractivity contribution >= 4 is 17.5 Å². The number of carbonyl (C=O) groups excluding carboxylic acids is 2. The molecule has 0 aliphatic rings. The van der Waals surface area contributed by atoms with Gasteiger partial charge in [-0.05, 0) is 54.6 Å². The Kier molecular flexibility index (Phi) is 4.31. The van der Waals surface area contributed by atoms with Crippen LogP contribution in [0.15, 0.2) is 65.1 Å². The molecule has 0 spiro atoms. The lowest BCUT2D eigenvalue weighted by Gasteiger charge is -2.06. The number of amides is 2. The van der Waals surface area contributed by atoms with E-state index in [1.54, 1.807) is 48.5 Å². The normalized spacial score (nSPS) is 10.0. The molecule has 2 aromatic carbocycles. The number of rotatable bonds is 4. The van der Waals surface area contributed by atoms with Gasteiger partial charge in [0.15, 0.2) is 5.76 Å². The molecule has 3 rings (SSSR count). The van der Waals surface area contributed by atoms with Crippen LogP contribution in [0.3, 0.4) is 0 Å². The highest BCUT2D eigenvalue weighted by Gasteiger charge is 2.10. The van der Waals surface area contributed by atoms with Crippen LogP contribution in [0.5, 0.6) is 0 Å². The second-order valence-electron chi connectivity index (χ2n) is 5.25. The minimum atomic E-state index is -0.630. The van der Waals surface area contributed by atoms with E-state index in [0.29, 0.717) is 22.6 Å². The van der Waals surface area contributed by atoms with E-state index in [9.17, 15) is 9.59 Å². The van der Waals surface area contributed by atoms with Gasteiger partial charge in [0.2, 0.25) is 0 Å². The Labute approximate surface area is 143 Å². The number of nitrogens with zero attached hydrogens (tertiary/aromatic N) is 1. The molecular formula is C19H13N3O3. The zero-order valence-corrected chi connectivity index (χ0v) is 13.0. The zero-order chi connectivity index (χ0) is 17.8. The summed E-state index contributed by atoms with van der Waals surface area (Å²) in [6.07, 6.45) is 0. The number of hydrogen-bond donors (Lipinski definition) is 2. The monoisotopic (exact) mass is 331 g/mol. The summed E-state index contributed by atoms with van der Waals surface area (Å²) in [6, 6.07) is 18.6. The molecule has 0 saturated carbocycles. The number of benzene rings is 2. The molecule has 0 bridgehead atoms. The summed E-state index contributed by atoms with van der Waals surface area (Å²) in [5.41, 5.74) is 7.33. The third-order valence-corrected chi connectivity index (χ3v) is 3.53. The molecule has 3 aromatic rings. The number of nitrogens with two attached hydrogens (primary N) is 1. The van der Waals surface area contributed by atoms with Gasteiger partial charge in [0.1, 0.15) is 5.76 Å². The largest absolute Gasteiger partial charge is 0.451 e. The highest BCUT2D eigenvalue weighted by atomic mass is 16.3. The van der Waals surface area contributed by atoms with E-state index in [4.69, 9.17) is 15.4 Å². The van der Waals surface area contributed by atoms with Crippen LogP contribution in [0.25, 0.3) is 11.3 Å². The summed E-state index contributed by atoms with van der Waals surface area (Å²) in [5.74, 6) is -0.341. The van der Waals surface area contributed by atoms with Crippen molar-refractivity contribution in [1.82, 2.24) is 0 Å². The van der Waals surface area contributed by atoms with E-state index in [1.807, 2.05) is 6.07 Å². The molecular weight excluding hydrogens is 318 g/mol. The Morgan fingerprint density at radius 1 is 1.04 bits per heavy atom. The molecule has 1 aromatic heterocycles. The number of furan rings is 1. The number of nitrogens with one attached hydrogen (secondary N) is 1. The Balaban J connectivity index is 1.74. The highest BCUT2D eigenvalue weighted by Crippen LogP contribution is 2.24. The van der Waals surface area contributed by atoms with E-state index in [0.717, 1.165) is 5.56 Å². The van der Waals surface area contributed by atoms with Crippen LogP contribution in [-0.4, -0.2) is 11.8 Å². The quantitative estimate of drug-likeness (QED) is 0.765. The zero-order valence-electron chi connectivity index (χ0n) is 13.0. The second kappa shape index (κ2) is 6.72. The number of primary amides is 1. The number of anilines is 1. The van der Waals surface area contributed by atoms with Gasteiger partial charge in [-0.1, -0.05) is 6.07 Å². The van der Waals surface area contributed by atoms with Crippen molar-refractivity contribution in [2.24, 2.45) is 5.73 Å². The molecule has 0 saturated heterocycles. The van der Waals surface area contributed by atoms with Gasteiger partial charge in [0, 0.05) is 16.8 Å². The van der Waals surface area contributed by atoms with E-state index >= 15 is 0 Å². The molecule has 1 heterocycles. The average molecular weight is 331 g/mol. The van der Waals surface area contributed by atoms with Gasteiger partial charge in [-0.3, -0.25) is 9.59 Å². The number of nitriles is 1. The van der Waals surface area contributed by atoms with Crippen molar-refractivity contribution in [3.8, 4) is 17.4 Å². The molecule has 0 radical (unpaired) electrons. The maximum atomic E-state index is 12.2. The summed E-state index contributed by atoms with van der Waals surface area (Å²) in [7, 11) is 0. The molecule has 6 heteroatoms. The smallest absolute Gasteiger partial charge is 0.284 e. The second-order valence-corrected chi connectivity index (χ2v) is 5.25. The van der Waals surface area contributed by atoms with Crippen LogP contribution >= 0.6 is 0 Å². The molecule has 6 nitrogen and oxygen atoms in total. The predicted octanol–water partition coefficient (Wildman–Crippen LogP) is 3.17. The minimum absolute atomic E-state index is 0.0877. The van der Waals surface area contributed by atoms with Gasteiger partial charge in [0.05, 0.1) is 11.6 Å². The van der Waals surface area contributed by atoms with Crippen LogP contribution < -0.4 is 11.1 Å². The van der Waals surface area contributed by atoms with Gasteiger partial charge >= 0.3 is 0 Å². The van der Waals surface area contributed by atoms with Gasteiger partial charge < -0.3 is 15.5 Å². The SMILES string of the molecule is N#Cc1cccc(C(=O)Nc2ccc(-c3ccc(C(N)=O)o3)cc2)c1. The lowest BCUT2D eigenvalue weighted by atomic mass is 10.1. The molecule has 2 amide bonds. The molecule has 122 valence electrons. The summed E-state index contributed by atoms with van der Waals surface area (Å²) in [6.45, 7) is 0. The number of carbonyl (C=O) groups is 2. The summed E-state index contributed by atoms with van der Waals surface area (Å²) in [4.78, 5) is 23.3. The first-order valence-electron chi connectivity index (χ1n) is 7.38. The molecule has 0 fully saturated rings. The first-order chi connectivity index (χ1) is 12.1. The van der Waals surface area contributed by atoms with E-state index < -0.39 is 5.91 Å². The van der Waals surface area contributed by atoms with E-state index in [2.05, 4.69) is 5.32 Å². The lowest BCUT2D eigenvalue weighted by molar-refractivity contribution is 0.0973. The first kappa shape index (κ1) is 16.0. The van der Waals surface area contributed by atoms with Gasteiger partial charge in [0.25, 0.3) is 11.8 Å². The maximum absolute atomic E-state index is 12.2. The fourth-order valence-electron chi connectivity index (χ4n) is 2.28. The van der Waals surface area contributed by atoms with Crippen molar-refractivity contribution in [1.29, 1.82) is 5.26 Å². The van der Waals surface area contributed by atoms with Gasteiger partial charge in [-0.15, -0.1) is 0 Å². The Bertz CT molecular complexity index is 982. The van der Waals surface area contributed by atoms with Crippen molar-refractivity contribution in [3.63, 3.8) is 0 Å². The molecule has 0 aliphatic carbocycles. The highest BCUT2D eigenvalue weighted by molar-refractivity contribution is 6.04. The average Bonchev–Trinajstić information content (AvgIpc) is 3.13. The Hall–Kier alpha value is -3.85. The molecule has 0 atom stereocenters. The van der Waals surface area contributed by atoms with Crippen LogP contribution in [0.2, 0.25) is 0 Å².